The topological polar surface area (TPSA) is 57.8 Å². The molecule has 25 heavy (non-hydrogen) atoms. The van der Waals surface area contributed by atoms with Gasteiger partial charge in [0.2, 0.25) is 0 Å². The van der Waals surface area contributed by atoms with Crippen molar-refractivity contribution in [3.63, 3.8) is 0 Å². The summed E-state index contributed by atoms with van der Waals surface area (Å²) in [7, 11) is 1.90. The molecule has 0 aromatic carbocycles. The molecule has 2 aromatic rings. The van der Waals surface area contributed by atoms with E-state index in [1.54, 1.807) is 0 Å². The Hall–Kier alpha value is -2.11. The van der Waals surface area contributed by atoms with Gasteiger partial charge in [-0.05, 0) is 43.2 Å². The van der Waals surface area contributed by atoms with Gasteiger partial charge in [0.1, 0.15) is 5.82 Å². The van der Waals surface area contributed by atoms with Crippen LogP contribution in [-0.2, 0) is 6.42 Å². The van der Waals surface area contributed by atoms with Gasteiger partial charge in [-0.25, -0.2) is 0 Å². The summed E-state index contributed by atoms with van der Waals surface area (Å²) in [6, 6.07) is 6.00. The quantitative estimate of drug-likeness (QED) is 0.528. The van der Waals surface area contributed by atoms with Gasteiger partial charge in [-0.3, -0.25) is 9.39 Å². The maximum Gasteiger partial charge on any atom is 0.193 e. The van der Waals surface area contributed by atoms with Crippen molar-refractivity contribution in [3.05, 3.63) is 30.2 Å². The fourth-order valence-corrected chi connectivity index (χ4v) is 4.49. The van der Waals surface area contributed by atoms with Crippen molar-refractivity contribution in [2.45, 2.75) is 44.9 Å². The third-order valence-electron chi connectivity index (χ3n) is 5.86. The number of hydrogen-bond donors (Lipinski definition) is 1. The summed E-state index contributed by atoms with van der Waals surface area (Å²) in [5, 5.41) is 12.1. The number of nitrogens with one attached hydrogen (secondary N) is 1. The molecule has 0 amide bonds. The molecule has 134 valence electrons. The molecule has 0 atom stereocenters. The number of rotatable bonds is 4. The van der Waals surface area contributed by atoms with E-state index in [1.165, 1.54) is 38.6 Å². The number of fused-ring (bicyclic) bond motifs is 1. The lowest BCUT2D eigenvalue weighted by atomic mass is 9.86. The number of hydrogen-bond acceptors (Lipinski definition) is 3. The zero-order chi connectivity index (χ0) is 17.1. The minimum Gasteiger partial charge on any atom is -0.356 e. The SMILES string of the molecule is CN=C(NCCCc1nnc2ccccn12)N1CCC2(CCCC2)C1. The third-order valence-corrected chi connectivity index (χ3v) is 5.86. The molecule has 1 saturated heterocycles. The second-order valence-electron chi connectivity index (χ2n) is 7.50. The first-order valence-electron chi connectivity index (χ1n) is 9.54. The molecule has 6 nitrogen and oxygen atoms in total. The van der Waals surface area contributed by atoms with E-state index in [1.807, 2.05) is 31.4 Å². The average Bonchev–Trinajstić information content (AvgIpc) is 3.37. The Balaban J connectivity index is 1.27. The van der Waals surface area contributed by atoms with Gasteiger partial charge in [-0.15, -0.1) is 10.2 Å². The van der Waals surface area contributed by atoms with Crippen LogP contribution in [0.4, 0.5) is 0 Å². The second-order valence-corrected chi connectivity index (χ2v) is 7.50. The highest BCUT2D eigenvalue weighted by Gasteiger charge is 2.40. The van der Waals surface area contributed by atoms with Crippen molar-refractivity contribution in [1.29, 1.82) is 0 Å². The van der Waals surface area contributed by atoms with Gasteiger partial charge in [-0.2, -0.15) is 0 Å². The fraction of sp³-hybridized carbons (Fsp3) is 0.632. The monoisotopic (exact) mass is 340 g/mol. The summed E-state index contributed by atoms with van der Waals surface area (Å²) >= 11 is 0. The highest BCUT2D eigenvalue weighted by atomic mass is 15.3. The molecular weight excluding hydrogens is 312 g/mol. The van der Waals surface area contributed by atoms with Gasteiger partial charge in [0.05, 0.1) is 0 Å². The molecule has 6 heteroatoms. The second kappa shape index (κ2) is 7.02. The zero-order valence-electron chi connectivity index (χ0n) is 15.1. The lowest BCUT2D eigenvalue weighted by molar-refractivity contribution is 0.309. The van der Waals surface area contributed by atoms with E-state index in [-0.39, 0.29) is 0 Å². The predicted octanol–water partition coefficient (Wildman–Crippen LogP) is 2.50. The van der Waals surface area contributed by atoms with Gasteiger partial charge < -0.3 is 10.2 Å². The van der Waals surface area contributed by atoms with Crippen molar-refractivity contribution in [2.24, 2.45) is 10.4 Å². The van der Waals surface area contributed by atoms with Crippen LogP contribution in [0.15, 0.2) is 29.4 Å². The van der Waals surface area contributed by atoms with Crippen molar-refractivity contribution in [1.82, 2.24) is 24.8 Å². The van der Waals surface area contributed by atoms with Crippen molar-refractivity contribution < 1.29 is 0 Å². The molecular formula is C19H28N6. The standard InChI is InChI=1S/C19H28N6/c1-20-18(24-14-11-19(15-24)9-3-4-10-19)21-12-6-8-17-23-22-16-7-2-5-13-25(16)17/h2,5,7,13H,3-4,6,8-12,14-15H2,1H3,(H,20,21). The van der Waals surface area contributed by atoms with Crippen LogP contribution in [0, 0.1) is 5.41 Å². The van der Waals surface area contributed by atoms with E-state index in [4.69, 9.17) is 0 Å². The van der Waals surface area contributed by atoms with Crippen molar-refractivity contribution in [2.75, 3.05) is 26.7 Å². The van der Waals surface area contributed by atoms with Crippen LogP contribution < -0.4 is 5.32 Å². The number of nitrogens with zero attached hydrogens (tertiary/aromatic N) is 5. The van der Waals surface area contributed by atoms with E-state index >= 15 is 0 Å². The number of likely N-dealkylation sites (tertiary alicyclic amines) is 1. The molecule has 0 radical (unpaired) electrons. The molecule has 4 rings (SSSR count). The van der Waals surface area contributed by atoms with E-state index in [9.17, 15) is 0 Å². The van der Waals surface area contributed by atoms with Gasteiger partial charge >= 0.3 is 0 Å². The number of aromatic nitrogens is 3. The normalized spacial score (nSPS) is 20.0. The number of aliphatic imine (C=N–C) groups is 1. The molecule has 1 N–H and O–H groups in total. The lowest BCUT2D eigenvalue weighted by Gasteiger charge is -2.25. The maximum absolute atomic E-state index is 4.51. The average molecular weight is 340 g/mol. The van der Waals surface area contributed by atoms with Crippen molar-refractivity contribution >= 4 is 11.6 Å². The largest absolute Gasteiger partial charge is 0.356 e. The summed E-state index contributed by atoms with van der Waals surface area (Å²) in [5.74, 6) is 2.09. The summed E-state index contributed by atoms with van der Waals surface area (Å²) in [6.45, 7) is 3.24. The Morgan fingerprint density at radius 2 is 2.12 bits per heavy atom. The van der Waals surface area contributed by atoms with E-state index in [0.29, 0.717) is 5.41 Å². The molecule has 3 heterocycles. The third kappa shape index (κ3) is 3.34. The smallest absolute Gasteiger partial charge is 0.193 e. The molecule has 2 aromatic heterocycles. The Labute approximate surface area is 149 Å². The summed E-state index contributed by atoms with van der Waals surface area (Å²) in [6.07, 6.45) is 10.9. The van der Waals surface area contributed by atoms with Crippen LogP contribution in [0.2, 0.25) is 0 Å². The first-order chi connectivity index (χ1) is 12.3. The summed E-state index contributed by atoms with van der Waals surface area (Å²) < 4.78 is 2.07. The highest BCUT2D eigenvalue weighted by molar-refractivity contribution is 5.80. The molecule has 1 aliphatic heterocycles. The zero-order valence-corrected chi connectivity index (χ0v) is 15.1. The van der Waals surface area contributed by atoms with E-state index in [2.05, 4.69) is 29.8 Å². The highest BCUT2D eigenvalue weighted by Crippen LogP contribution is 2.45. The van der Waals surface area contributed by atoms with Gasteiger partial charge in [0, 0.05) is 39.3 Å². The molecule has 1 aliphatic carbocycles. The Kier molecular flexibility index (Phi) is 4.59. The lowest BCUT2D eigenvalue weighted by Crippen LogP contribution is -2.41. The molecule has 1 spiro atoms. The summed E-state index contributed by atoms with van der Waals surface area (Å²) in [4.78, 5) is 6.96. The van der Waals surface area contributed by atoms with Gasteiger partial charge in [-0.1, -0.05) is 18.9 Å². The molecule has 1 saturated carbocycles. The van der Waals surface area contributed by atoms with E-state index < -0.39 is 0 Å². The first-order valence-corrected chi connectivity index (χ1v) is 9.54. The first kappa shape index (κ1) is 16.4. The Morgan fingerprint density at radius 3 is 2.96 bits per heavy atom. The molecule has 0 bridgehead atoms. The van der Waals surface area contributed by atoms with Crippen molar-refractivity contribution in [3.8, 4) is 0 Å². The molecule has 2 aliphatic rings. The maximum atomic E-state index is 4.51. The molecule has 2 fully saturated rings. The number of guanidine groups is 1. The van der Waals surface area contributed by atoms with Crippen LogP contribution in [0.1, 0.15) is 44.3 Å². The Bertz CT molecular complexity index is 743. The van der Waals surface area contributed by atoms with Crippen LogP contribution in [0.3, 0.4) is 0 Å². The number of aryl methyl sites for hydroxylation is 1. The Morgan fingerprint density at radius 1 is 1.24 bits per heavy atom. The summed E-state index contributed by atoms with van der Waals surface area (Å²) in [5.41, 5.74) is 1.50. The van der Waals surface area contributed by atoms with Gasteiger partial charge in [0.25, 0.3) is 0 Å². The molecule has 0 unspecified atom stereocenters. The number of pyridine rings is 1. The minimum atomic E-state index is 0.581. The van der Waals surface area contributed by atoms with E-state index in [0.717, 1.165) is 43.4 Å². The van der Waals surface area contributed by atoms with Crippen LogP contribution >= 0.6 is 0 Å². The van der Waals surface area contributed by atoms with Crippen LogP contribution in [0.25, 0.3) is 5.65 Å². The van der Waals surface area contributed by atoms with Crippen LogP contribution in [0.5, 0.6) is 0 Å². The minimum absolute atomic E-state index is 0.581. The van der Waals surface area contributed by atoms with Gasteiger partial charge in [0.15, 0.2) is 11.6 Å². The fourth-order valence-electron chi connectivity index (χ4n) is 4.49. The van der Waals surface area contributed by atoms with Crippen LogP contribution in [-0.4, -0.2) is 52.1 Å². The predicted molar refractivity (Wildman–Crippen MR) is 99.8 cm³/mol.